The van der Waals surface area contributed by atoms with Gasteiger partial charge >= 0.3 is 5.69 Å². The second kappa shape index (κ2) is 5.68. The number of nitrogens with zero attached hydrogens (tertiary/aromatic N) is 1. The fourth-order valence-electron chi connectivity index (χ4n) is 2.22. The number of nitro benzene ring substituents is 1. The molecule has 1 heterocycles. The summed E-state index contributed by atoms with van der Waals surface area (Å²) in [5.41, 5.74) is -1.97. The fraction of sp³-hybridized carbons (Fsp3) is 0.500. The molecule has 1 aromatic rings. The Morgan fingerprint density at radius 1 is 1.40 bits per heavy atom. The van der Waals surface area contributed by atoms with E-state index in [9.17, 15) is 24.0 Å². The van der Waals surface area contributed by atoms with Crippen molar-refractivity contribution in [2.45, 2.75) is 18.4 Å². The van der Waals surface area contributed by atoms with Crippen LogP contribution < -0.4 is 5.32 Å². The van der Waals surface area contributed by atoms with Crippen LogP contribution in [-0.2, 0) is 4.74 Å². The van der Waals surface area contributed by atoms with E-state index in [1.54, 1.807) is 0 Å². The van der Waals surface area contributed by atoms with Crippen molar-refractivity contribution >= 4 is 11.4 Å². The summed E-state index contributed by atoms with van der Waals surface area (Å²) < 4.78 is 32.0. The molecule has 110 valence electrons. The highest BCUT2D eigenvalue weighted by molar-refractivity contribution is 5.63. The van der Waals surface area contributed by atoms with Crippen LogP contribution in [0.1, 0.15) is 12.8 Å². The highest BCUT2D eigenvalue weighted by Crippen LogP contribution is 2.33. The summed E-state index contributed by atoms with van der Waals surface area (Å²) in [6, 6.07) is 1.31. The average molecular weight is 288 g/mol. The van der Waals surface area contributed by atoms with E-state index in [0.717, 1.165) is 6.07 Å². The Bertz CT molecular complexity index is 518. The predicted molar refractivity (Wildman–Crippen MR) is 66.5 cm³/mol. The summed E-state index contributed by atoms with van der Waals surface area (Å²) in [4.78, 5) is 9.99. The van der Waals surface area contributed by atoms with E-state index in [-0.39, 0.29) is 12.3 Å². The number of benzene rings is 1. The van der Waals surface area contributed by atoms with Crippen LogP contribution in [0.5, 0.6) is 0 Å². The predicted octanol–water partition coefficient (Wildman–Crippen LogP) is 1.83. The Morgan fingerprint density at radius 3 is 2.60 bits per heavy atom. The lowest BCUT2D eigenvalue weighted by molar-refractivity contribution is -0.386. The summed E-state index contributed by atoms with van der Waals surface area (Å²) in [5.74, 6) is -2.17. The van der Waals surface area contributed by atoms with Gasteiger partial charge in [0.15, 0.2) is 0 Å². The highest BCUT2D eigenvalue weighted by atomic mass is 19.1. The van der Waals surface area contributed by atoms with Gasteiger partial charge in [-0.05, 0) is 12.8 Å². The molecule has 2 rings (SSSR count). The fourth-order valence-corrected chi connectivity index (χ4v) is 2.22. The molecule has 0 atom stereocenters. The number of rotatable bonds is 4. The van der Waals surface area contributed by atoms with Gasteiger partial charge in [-0.3, -0.25) is 10.1 Å². The van der Waals surface area contributed by atoms with E-state index in [2.05, 4.69) is 5.32 Å². The third kappa shape index (κ3) is 2.86. The Balaban J connectivity index is 2.38. The molecule has 1 aromatic carbocycles. The van der Waals surface area contributed by atoms with Gasteiger partial charge in [-0.15, -0.1) is 0 Å². The van der Waals surface area contributed by atoms with Crippen molar-refractivity contribution in [1.82, 2.24) is 0 Å². The highest BCUT2D eigenvalue weighted by Gasteiger charge is 2.35. The molecular weight excluding hydrogens is 274 g/mol. The number of hydrogen-bond acceptors (Lipinski definition) is 5. The van der Waals surface area contributed by atoms with Crippen molar-refractivity contribution in [1.29, 1.82) is 0 Å². The van der Waals surface area contributed by atoms with Gasteiger partial charge in [0.1, 0.15) is 11.5 Å². The number of aliphatic hydroxyl groups excluding tert-OH is 1. The molecule has 0 unspecified atom stereocenters. The van der Waals surface area contributed by atoms with E-state index >= 15 is 0 Å². The van der Waals surface area contributed by atoms with E-state index in [4.69, 9.17) is 4.74 Å². The van der Waals surface area contributed by atoms with Crippen LogP contribution >= 0.6 is 0 Å². The minimum absolute atomic E-state index is 0.275. The molecule has 0 radical (unpaired) electrons. The molecule has 1 saturated heterocycles. The number of anilines is 1. The van der Waals surface area contributed by atoms with Crippen LogP contribution in [0.2, 0.25) is 0 Å². The van der Waals surface area contributed by atoms with Gasteiger partial charge in [-0.1, -0.05) is 0 Å². The van der Waals surface area contributed by atoms with Gasteiger partial charge in [-0.2, -0.15) is 4.39 Å². The maximum absolute atomic E-state index is 13.5. The van der Waals surface area contributed by atoms with Crippen molar-refractivity contribution in [3.8, 4) is 0 Å². The lowest BCUT2D eigenvalue weighted by Gasteiger charge is -2.37. The molecule has 0 spiro atoms. The van der Waals surface area contributed by atoms with Crippen molar-refractivity contribution in [3.63, 3.8) is 0 Å². The van der Waals surface area contributed by atoms with Gasteiger partial charge in [-0.25, -0.2) is 4.39 Å². The number of halogens is 2. The number of nitro groups is 1. The molecule has 0 amide bonds. The standard InChI is InChI=1S/C12H14F2N2O4/c13-8-5-9(14)11(16(18)19)10(6-8)15-12(7-17)1-3-20-4-2-12/h5-6,15,17H,1-4,7H2. The van der Waals surface area contributed by atoms with Crippen LogP contribution in [0.25, 0.3) is 0 Å². The zero-order valence-corrected chi connectivity index (χ0v) is 10.6. The Kier molecular flexibility index (Phi) is 4.15. The Morgan fingerprint density at radius 2 is 2.05 bits per heavy atom. The molecule has 6 nitrogen and oxygen atoms in total. The Hall–Kier alpha value is -1.80. The summed E-state index contributed by atoms with van der Waals surface area (Å²) in [7, 11) is 0. The smallest absolute Gasteiger partial charge is 0.327 e. The third-order valence-electron chi connectivity index (χ3n) is 3.36. The van der Waals surface area contributed by atoms with E-state index in [0.29, 0.717) is 32.1 Å². The van der Waals surface area contributed by atoms with Crippen molar-refractivity contribution < 1.29 is 23.5 Å². The maximum atomic E-state index is 13.5. The normalized spacial score (nSPS) is 17.8. The minimum Gasteiger partial charge on any atom is -0.394 e. The van der Waals surface area contributed by atoms with Gasteiger partial charge in [0.25, 0.3) is 0 Å². The molecule has 1 fully saturated rings. The number of nitrogens with one attached hydrogen (secondary N) is 1. The molecule has 1 aliphatic heterocycles. The first-order chi connectivity index (χ1) is 9.47. The van der Waals surface area contributed by atoms with Crippen molar-refractivity contribution in [2.24, 2.45) is 0 Å². The SMILES string of the molecule is O=[N+]([O-])c1c(F)cc(F)cc1NC1(CO)CCOCC1. The molecule has 20 heavy (non-hydrogen) atoms. The van der Waals surface area contributed by atoms with Gasteiger partial charge in [0, 0.05) is 25.3 Å². The maximum Gasteiger partial charge on any atom is 0.327 e. The summed E-state index contributed by atoms with van der Waals surface area (Å²) in [6.07, 6.45) is 0.775. The zero-order chi connectivity index (χ0) is 14.8. The molecule has 1 aliphatic rings. The van der Waals surface area contributed by atoms with Crippen molar-refractivity contribution in [3.05, 3.63) is 33.9 Å². The molecule has 0 bridgehead atoms. The quantitative estimate of drug-likeness (QED) is 0.652. The minimum atomic E-state index is -1.25. The van der Waals surface area contributed by atoms with Gasteiger partial charge in [0.2, 0.25) is 5.82 Å². The number of hydrogen-bond donors (Lipinski definition) is 2. The first-order valence-electron chi connectivity index (χ1n) is 6.08. The second-order valence-electron chi connectivity index (χ2n) is 4.72. The first-order valence-corrected chi connectivity index (χ1v) is 6.08. The van der Waals surface area contributed by atoms with E-state index in [1.165, 1.54) is 0 Å². The van der Waals surface area contributed by atoms with Crippen LogP contribution in [0, 0.1) is 21.7 Å². The van der Waals surface area contributed by atoms with Crippen LogP contribution in [0.3, 0.4) is 0 Å². The number of aliphatic hydroxyl groups is 1. The topological polar surface area (TPSA) is 84.6 Å². The average Bonchev–Trinajstić information content (AvgIpc) is 2.38. The lowest BCUT2D eigenvalue weighted by atomic mass is 9.90. The monoisotopic (exact) mass is 288 g/mol. The van der Waals surface area contributed by atoms with Crippen LogP contribution in [0.4, 0.5) is 20.2 Å². The van der Waals surface area contributed by atoms with Gasteiger partial charge in [0.05, 0.1) is 17.1 Å². The molecule has 0 aliphatic carbocycles. The third-order valence-corrected chi connectivity index (χ3v) is 3.36. The number of ether oxygens (including phenoxy) is 1. The molecular formula is C12H14F2N2O4. The molecule has 2 N–H and O–H groups in total. The van der Waals surface area contributed by atoms with E-state index < -0.39 is 27.8 Å². The summed E-state index contributed by atoms with van der Waals surface area (Å²) in [5, 5.41) is 23.1. The Labute approximate surface area is 113 Å². The molecule has 0 saturated carbocycles. The van der Waals surface area contributed by atoms with Gasteiger partial charge < -0.3 is 15.2 Å². The largest absolute Gasteiger partial charge is 0.394 e. The molecule has 8 heteroatoms. The zero-order valence-electron chi connectivity index (χ0n) is 10.6. The lowest BCUT2D eigenvalue weighted by Crippen LogP contribution is -2.47. The van der Waals surface area contributed by atoms with Crippen LogP contribution in [0.15, 0.2) is 12.1 Å². The van der Waals surface area contributed by atoms with Crippen LogP contribution in [-0.4, -0.2) is 35.4 Å². The van der Waals surface area contributed by atoms with E-state index in [1.807, 2.05) is 0 Å². The first kappa shape index (κ1) is 14.6. The summed E-state index contributed by atoms with van der Waals surface area (Å²) >= 11 is 0. The summed E-state index contributed by atoms with van der Waals surface area (Å²) in [6.45, 7) is 0.407. The molecule has 0 aromatic heterocycles. The second-order valence-corrected chi connectivity index (χ2v) is 4.72. The van der Waals surface area contributed by atoms with Crippen molar-refractivity contribution in [2.75, 3.05) is 25.1 Å².